The lowest BCUT2D eigenvalue weighted by atomic mass is 9.87. The molecule has 0 aliphatic carbocycles. The molecule has 1 saturated heterocycles. The minimum absolute atomic E-state index is 0.000324. The molecule has 2 atom stereocenters. The zero-order chi connectivity index (χ0) is 22.9. The number of hydrogen-bond donors (Lipinski definition) is 2. The summed E-state index contributed by atoms with van der Waals surface area (Å²) in [5, 5.41) is 7.06. The predicted molar refractivity (Wildman–Crippen MR) is 115 cm³/mol. The highest BCUT2D eigenvalue weighted by Crippen LogP contribution is 2.40. The summed E-state index contributed by atoms with van der Waals surface area (Å²) < 4.78 is 30.9. The van der Waals surface area contributed by atoms with Gasteiger partial charge >= 0.3 is 0 Å². The number of nitrogens with one attached hydrogen (secondary N) is 2. The second-order valence-electron chi connectivity index (χ2n) is 8.02. The van der Waals surface area contributed by atoms with Crippen LogP contribution in [-0.4, -0.2) is 55.6 Å². The molecule has 0 aromatic carbocycles. The van der Waals surface area contributed by atoms with E-state index in [1.54, 1.807) is 28.8 Å². The minimum atomic E-state index is -2.92. The van der Waals surface area contributed by atoms with E-state index in [-0.39, 0.29) is 31.0 Å². The zero-order valence-corrected chi connectivity index (χ0v) is 17.8. The zero-order valence-electron chi connectivity index (χ0n) is 17.8. The highest BCUT2D eigenvalue weighted by atomic mass is 19.3. The van der Waals surface area contributed by atoms with Crippen LogP contribution in [0.25, 0.3) is 11.3 Å². The van der Waals surface area contributed by atoms with Crippen molar-refractivity contribution in [2.45, 2.75) is 31.2 Å². The molecule has 1 aliphatic heterocycles. The Morgan fingerprint density at radius 1 is 1.28 bits per heavy atom. The molecule has 10 heteroatoms. The maximum Gasteiger partial charge on any atom is 0.257 e. The molecule has 8 nitrogen and oxygen atoms in total. The average molecular weight is 442 g/mol. The number of rotatable bonds is 5. The lowest BCUT2D eigenvalue weighted by Gasteiger charge is -2.40. The fraction of sp³-hybridized carbons (Fsp3) is 0.364. The van der Waals surface area contributed by atoms with E-state index in [9.17, 15) is 18.4 Å². The topological polar surface area (TPSA) is 95.9 Å². The molecule has 1 unspecified atom stereocenters. The van der Waals surface area contributed by atoms with Crippen molar-refractivity contribution in [3.63, 3.8) is 0 Å². The Hall–Kier alpha value is -3.40. The number of piperidine rings is 1. The van der Waals surface area contributed by atoms with Crippen molar-refractivity contribution in [3.05, 3.63) is 64.8 Å². The van der Waals surface area contributed by atoms with Crippen molar-refractivity contribution in [3.8, 4) is 11.3 Å². The number of carbonyl (C=O) groups excluding carboxylic acids is 1. The summed E-state index contributed by atoms with van der Waals surface area (Å²) in [6.45, 7) is 1.78. The van der Waals surface area contributed by atoms with Gasteiger partial charge < -0.3 is 10.3 Å². The van der Waals surface area contributed by atoms with Gasteiger partial charge in [0.25, 0.3) is 5.92 Å². The SMILES string of the molecule is CC(C(=O)Nc1ccc(-c2ccn(C)n2)cn1)N1CCC(F)(F)[C@@H](c2ccc(=O)[nH]c2)C1. The number of carbonyl (C=O) groups is 1. The highest BCUT2D eigenvalue weighted by Gasteiger charge is 2.46. The maximum atomic E-state index is 14.6. The number of hydrogen-bond acceptors (Lipinski definition) is 5. The van der Waals surface area contributed by atoms with Crippen LogP contribution in [0.2, 0.25) is 0 Å². The van der Waals surface area contributed by atoms with E-state index in [0.29, 0.717) is 11.4 Å². The van der Waals surface area contributed by atoms with Gasteiger partial charge in [-0.1, -0.05) is 6.07 Å². The highest BCUT2D eigenvalue weighted by molar-refractivity contribution is 5.93. The Morgan fingerprint density at radius 2 is 2.09 bits per heavy atom. The van der Waals surface area contributed by atoms with Crippen LogP contribution in [0.1, 0.15) is 24.8 Å². The fourth-order valence-electron chi connectivity index (χ4n) is 3.85. The Labute approximate surface area is 183 Å². The molecule has 0 bridgehead atoms. The lowest BCUT2D eigenvalue weighted by Crippen LogP contribution is -2.52. The molecule has 3 aromatic rings. The number of H-pyrrole nitrogens is 1. The molecule has 2 N–H and O–H groups in total. The van der Waals surface area contributed by atoms with Crippen LogP contribution in [0.15, 0.2) is 53.7 Å². The number of aromatic amines is 1. The first-order chi connectivity index (χ1) is 15.2. The Kier molecular flexibility index (Phi) is 5.88. The van der Waals surface area contributed by atoms with Gasteiger partial charge in [-0.15, -0.1) is 0 Å². The second kappa shape index (κ2) is 8.62. The Balaban J connectivity index is 1.43. The fourth-order valence-corrected chi connectivity index (χ4v) is 3.85. The molecule has 0 radical (unpaired) electrons. The summed E-state index contributed by atoms with van der Waals surface area (Å²) in [6, 6.07) is 7.38. The molecular formula is C22H24F2N6O2. The van der Waals surface area contributed by atoms with E-state index in [2.05, 4.69) is 20.4 Å². The maximum absolute atomic E-state index is 14.6. The van der Waals surface area contributed by atoms with Crippen molar-refractivity contribution in [2.24, 2.45) is 7.05 Å². The van der Waals surface area contributed by atoms with E-state index in [1.165, 1.54) is 18.3 Å². The molecule has 4 heterocycles. The Morgan fingerprint density at radius 3 is 2.72 bits per heavy atom. The van der Waals surface area contributed by atoms with Gasteiger partial charge in [0.2, 0.25) is 11.5 Å². The van der Waals surface area contributed by atoms with E-state index in [4.69, 9.17) is 0 Å². The summed E-state index contributed by atoms with van der Waals surface area (Å²) in [6.07, 6.45) is 4.40. The van der Waals surface area contributed by atoms with Crippen molar-refractivity contribution in [1.29, 1.82) is 0 Å². The molecule has 1 amide bonds. The number of aryl methyl sites for hydroxylation is 1. The molecular weight excluding hydrogens is 418 g/mol. The van der Waals surface area contributed by atoms with Gasteiger partial charge in [-0.2, -0.15) is 5.10 Å². The third-order valence-electron chi connectivity index (χ3n) is 5.82. The average Bonchev–Trinajstić information content (AvgIpc) is 3.21. The molecule has 1 fully saturated rings. The first kappa shape index (κ1) is 21.8. The normalized spacial score (nSPS) is 19.4. The van der Waals surface area contributed by atoms with Gasteiger partial charge in [0.1, 0.15) is 5.82 Å². The van der Waals surface area contributed by atoms with Crippen molar-refractivity contribution >= 4 is 11.7 Å². The molecule has 32 heavy (non-hydrogen) atoms. The number of aromatic nitrogens is 4. The minimum Gasteiger partial charge on any atom is -0.329 e. The number of pyridine rings is 2. The van der Waals surface area contributed by atoms with E-state index >= 15 is 0 Å². The first-order valence-electron chi connectivity index (χ1n) is 10.3. The van der Waals surface area contributed by atoms with Crippen LogP contribution >= 0.6 is 0 Å². The van der Waals surface area contributed by atoms with Crippen LogP contribution in [0.3, 0.4) is 0 Å². The van der Waals surface area contributed by atoms with Crippen LogP contribution in [0, 0.1) is 0 Å². The summed E-state index contributed by atoms with van der Waals surface area (Å²) in [7, 11) is 1.82. The van der Waals surface area contributed by atoms with Gasteiger partial charge in [0.05, 0.1) is 17.7 Å². The van der Waals surface area contributed by atoms with E-state index in [1.807, 2.05) is 25.4 Å². The van der Waals surface area contributed by atoms with Gasteiger partial charge in [-0.05, 0) is 30.7 Å². The number of amides is 1. The largest absolute Gasteiger partial charge is 0.329 e. The van der Waals surface area contributed by atoms with Crippen molar-refractivity contribution in [1.82, 2.24) is 24.6 Å². The van der Waals surface area contributed by atoms with Crippen LogP contribution in [0.4, 0.5) is 14.6 Å². The van der Waals surface area contributed by atoms with Gasteiger partial charge in [0, 0.05) is 56.8 Å². The smallest absolute Gasteiger partial charge is 0.257 e. The quantitative estimate of drug-likeness (QED) is 0.633. The van der Waals surface area contributed by atoms with Gasteiger partial charge in [0.15, 0.2) is 0 Å². The summed E-state index contributed by atoms with van der Waals surface area (Å²) in [5.41, 5.74) is 1.59. The number of likely N-dealkylation sites (tertiary alicyclic amines) is 1. The summed E-state index contributed by atoms with van der Waals surface area (Å²) in [5.74, 6) is -3.98. The van der Waals surface area contributed by atoms with E-state index in [0.717, 1.165) is 11.3 Å². The van der Waals surface area contributed by atoms with Crippen LogP contribution < -0.4 is 10.9 Å². The number of anilines is 1. The number of alkyl halides is 2. The van der Waals surface area contributed by atoms with Crippen LogP contribution in [0.5, 0.6) is 0 Å². The lowest BCUT2D eigenvalue weighted by molar-refractivity contribution is -0.125. The predicted octanol–water partition coefficient (Wildman–Crippen LogP) is 2.62. The molecule has 3 aromatic heterocycles. The standard InChI is InChI=1S/C22H24F2N6O2/c1-14(21(32)27-19-5-3-16(12-25-19)18-7-9-29(2)28-18)30-10-8-22(23,24)17(13-30)15-4-6-20(31)26-11-15/h3-7,9,11-12,14,17H,8,10,13H2,1-2H3,(H,26,31)(H,25,27,32)/t14?,17-/m1/s1. The van der Waals surface area contributed by atoms with Crippen molar-refractivity contribution in [2.75, 3.05) is 18.4 Å². The monoisotopic (exact) mass is 442 g/mol. The second-order valence-corrected chi connectivity index (χ2v) is 8.02. The Bertz CT molecular complexity index is 1140. The van der Waals surface area contributed by atoms with Crippen LogP contribution in [-0.2, 0) is 11.8 Å². The van der Waals surface area contributed by atoms with Gasteiger partial charge in [-0.3, -0.25) is 19.2 Å². The molecule has 4 rings (SSSR count). The van der Waals surface area contributed by atoms with Gasteiger partial charge in [-0.25, -0.2) is 13.8 Å². The van der Waals surface area contributed by atoms with E-state index < -0.39 is 17.9 Å². The third kappa shape index (κ3) is 4.59. The molecule has 1 aliphatic rings. The molecule has 0 saturated carbocycles. The number of nitrogens with zero attached hydrogens (tertiary/aromatic N) is 4. The molecule has 0 spiro atoms. The van der Waals surface area contributed by atoms with Crippen molar-refractivity contribution < 1.29 is 13.6 Å². The number of halogens is 2. The molecule has 168 valence electrons. The summed E-state index contributed by atoms with van der Waals surface area (Å²) in [4.78, 5) is 32.5. The third-order valence-corrected chi connectivity index (χ3v) is 5.82. The first-order valence-corrected chi connectivity index (χ1v) is 10.3. The summed E-state index contributed by atoms with van der Waals surface area (Å²) >= 11 is 0.